The van der Waals surface area contributed by atoms with Gasteiger partial charge >= 0.3 is 44.4 Å². The van der Waals surface area contributed by atoms with Gasteiger partial charge in [0.05, 0.1) is 0 Å². The molecule has 0 aromatic carbocycles. The van der Waals surface area contributed by atoms with Gasteiger partial charge in [0.25, 0.3) is 0 Å². The van der Waals surface area contributed by atoms with Crippen molar-refractivity contribution >= 4 is 0 Å². The van der Waals surface area contributed by atoms with E-state index >= 15 is 0 Å². The Kier molecular flexibility index (Phi) is 24.6. The van der Waals surface area contributed by atoms with Crippen molar-refractivity contribution in [2.24, 2.45) is 0 Å². The monoisotopic (exact) mass is 86.1 g/mol. The van der Waals surface area contributed by atoms with Gasteiger partial charge < -0.3 is 2.85 Å². The summed E-state index contributed by atoms with van der Waals surface area (Å²) in [6.07, 6.45) is 0. The predicted molar refractivity (Wildman–Crippen MR) is 9.34 cm³/mol. The molecule has 0 saturated heterocycles. The molecule has 0 saturated carbocycles. The number of alkyl halides is 3. The SMILES string of the molecule is FC(F)F.[H-].[H-].[Li+].[Li+]. The van der Waals surface area contributed by atoms with Crippen molar-refractivity contribution in [3.05, 3.63) is 0 Å². The minimum Gasteiger partial charge on any atom is -1.00 e. The molecule has 0 fully saturated rings. The molecule has 0 aliphatic carbocycles. The van der Waals surface area contributed by atoms with E-state index in [-0.39, 0.29) is 40.6 Å². The molecule has 6 heavy (non-hydrogen) atoms. The zero-order valence-corrected chi connectivity index (χ0v) is 3.71. The number of halogens is 3. The second-order valence-electron chi connectivity index (χ2n) is 0.247. The fourth-order valence-corrected chi connectivity index (χ4v) is 0. The van der Waals surface area contributed by atoms with E-state index < -0.39 is 6.68 Å². The summed E-state index contributed by atoms with van der Waals surface area (Å²) in [6.45, 7) is -3.67. The maximum Gasteiger partial charge on any atom is 1.00 e. The van der Waals surface area contributed by atoms with Crippen molar-refractivity contribution in [2.75, 3.05) is 0 Å². The van der Waals surface area contributed by atoms with Crippen LogP contribution in [0.15, 0.2) is 0 Å². The van der Waals surface area contributed by atoms with E-state index in [2.05, 4.69) is 0 Å². The molecule has 0 heterocycles. The second kappa shape index (κ2) is 9.37. The average molecular weight is 85.9 g/mol. The maximum atomic E-state index is 9.67. The molecule has 5 heteroatoms. The molecule has 0 rings (SSSR count). The number of hydrogen-bond acceptors (Lipinski definition) is 0. The van der Waals surface area contributed by atoms with Gasteiger partial charge in [0, 0.05) is 0 Å². The van der Waals surface area contributed by atoms with Gasteiger partial charge in [0.15, 0.2) is 0 Å². The van der Waals surface area contributed by atoms with Gasteiger partial charge in [-0.1, -0.05) is 0 Å². The molecular formula is CH3F3Li2. The summed E-state index contributed by atoms with van der Waals surface area (Å²) in [5.74, 6) is 0. The molecule has 0 N–H and O–H groups in total. The average Bonchev–Trinajstić information content (AvgIpc) is 0.811. The van der Waals surface area contributed by atoms with Gasteiger partial charge in [0.2, 0.25) is 0 Å². The minimum atomic E-state index is -3.67. The molecule has 0 amide bonds. The summed E-state index contributed by atoms with van der Waals surface area (Å²) in [7, 11) is 0. The summed E-state index contributed by atoms with van der Waals surface area (Å²) in [4.78, 5) is 0. The van der Waals surface area contributed by atoms with E-state index in [1.54, 1.807) is 0 Å². The van der Waals surface area contributed by atoms with Crippen molar-refractivity contribution in [2.45, 2.75) is 6.68 Å². The van der Waals surface area contributed by atoms with Crippen LogP contribution in [0.5, 0.6) is 0 Å². The second-order valence-corrected chi connectivity index (χ2v) is 0.247. The molecule has 0 radical (unpaired) electrons. The summed E-state index contributed by atoms with van der Waals surface area (Å²) in [5.41, 5.74) is 0. The van der Waals surface area contributed by atoms with Gasteiger partial charge in [-0.15, -0.1) is 0 Å². The van der Waals surface area contributed by atoms with Crippen LogP contribution in [-0.2, 0) is 0 Å². The van der Waals surface area contributed by atoms with Gasteiger partial charge in [-0.25, -0.2) is 0 Å². The molecule has 0 aromatic heterocycles. The third kappa shape index (κ3) is 81.6. The third-order valence-corrected chi connectivity index (χ3v) is 0. The van der Waals surface area contributed by atoms with Crippen molar-refractivity contribution in [1.82, 2.24) is 0 Å². The maximum absolute atomic E-state index is 9.67. The summed E-state index contributed by atoms with van der Waals surface area (Å²) in [5, 5.41) is 0. The standard InChI is InChI=1S/CHF3.2Li.2H/c2-1(3)4;;;;/h1H;;;;/q;2*+1;2*-1. The molecule has 0 aromatic rings. The van der Waals surface area contributed by atoms with Crippen LogP contribution in [-0.4, -0.2) is 6.68 Å². The van der Waals surface area contributed by atoms with Crippen LogP contribution in [0.4, 0.5) is 13.2 Å². The molecule has 0 aliphatic rings. The van der Waals surface area contributed by atoms with Gasteiger partial charge in [-0.3, -0.25) is 0 Å². The topological polar surface area (TPSA) is 0 Å². The van der Waals surface area contributed by atoms with Crippen LogP contribution in [0.2, 0.25) is 0 Å². The first kappa shape index (κ1) is 15.8. The Morgan fingerprint density at radius 3 is 1.00 bits per heavy atom. The van der Waals surface area contributed by atoms with Crippen LogP contribution in [0.25, 0.3) is 0 Å². The van der Waals surface area contributed by atoms with Crippen LogP contribution in [0.1, 0.15) is 2.85 Å². The Morgan fingerprint density at radius 1 is 1.00 bits per heavy atom. The van der Waals surface area contributed by atoms with Crippen LogP contribution in [0, 0.1) is 0 Å². The molecule has 0 aliphatic heterocycles. The van der Waals surface area contributed by atoms with E-state index in [4.69, 9.17) is 0 Å². The van der Waals surface area contributed by atoms with Crippen molar-refractivity contribution in [3.8, 4) is 0 Å². The smallest absolute Gasteiger partial charge is 1.00 e. The first-order chi connectivity index (χ1) is 1.73. The first-order valence-electron chi connectivity index (χ1n) is 0.655. The summed E-state index contributed by atoms with van der Waals surface area (Å²) < 4.78 is 29.0. The van der Waals surface area contributed by atoms with Crippen LogP contribution >= 0.6 is 0 Å². The van der Waals surface area contributed by atoms with Crippen molar-refractivity contribution in [1.29, 1.82) is 0 Å². The Hall–Kier alpha value is 0.985. The fourth-order valence-electron chi connectivity index (χ4n) is 0. The molecular weight excluding hydrogens is 82.9 g/mol. The fraction of sp³-hybridized carbons (Fsp3) is 1.00. The molecule has 0 bridgehead atoms. The largest absolute Gasteiger partial charge is 1.00 e. The normalized spacial score (nSPS) is 6.00. The van der Waals surface area contributed by atoms with Crippen molar-refractivity contribution in [3.63, 3.8) is 0 Å². The van der Waals surface area contributed by atoms with E-state index in [1.165, 1.54) is 0 Å². The summed E-state index contributed by atoms with van der Waals surface area (Å²) in [6, 6.07) is 0. The van der Waals surface area contributed by atoms with Crippen molar-refractivity contribution < 1.29 is 53.7 Å². The molecule has 0 nitrogen and oxygen atoms in total. The Labute approximate surface area is 60.8 Å². The zero-order valence-electron chi connectivity index (χ0n) is 5.71. The Bertz CT molecular complexity index is 20.0. The molecule has 0 spiro atoms. The molecule has 0 unspecified atom stereocenters. The molecule has 30 valence electrons. The van der Waals surface area contributed by atoms with Gasteiger partial charge in [-0.05, 0) is 0 Å². The summed E-state index contributed by atoms with van der Waals surface area (Å²) >= 11 is 0. The Morgan fingerprint density at radius 2 is 1.00 bits per heavy atom. The first-order valence-corrected chi connectivity index (χ1v) is 0.655. The van der Waals surface area contributed by atoms with E-state index in [9.17, 15) is 13.2 Å². The number of hydrogen-bond donors (Lipinski definition) is 0. The number of rotatable bonds is 0. The van der Waals surface area contributed by atoms with E-state index in [0.29, 0.717) is 0 Å². The zero-order chi connectivity index (χ0) is 3.58. The van der Waals surface area contributed by atoms with Gasteiger partial charge in [0.1, 0.15) is 0 Å². The van der Waals surface area contributed by atoms with Gasteiger partial charge in [-0.2, -0.15) is 13.2 Å². The van der Waals surface area contributed by atoms with Crippen LogP contribution in [0.3, 0.4) is 0 Å². The quantitative estimate of drug-likeness (QED) is 0.260. The minimum absolute atomic E-state index is 0. The predicted octanol–water partition coefficient (Wildman–Crippen LogP) is -4.59. The van der Waals surface area contributed by atoms with Crippen LogP contribution < -0.4 is 37.7 Å². The van der Waals surface area contributed by atoms with E-state index in [0.717, 1.165) is 0 Å². The Balaban J connectivity index is -0.00000000750. The third-order valence-electron chi connectivity index (χ3n) is 0. The van der Waals surface area contributed by atoms with E-state index in [1.807, 2.05) is 0 Å². The molecule has 0 atom stereocenters.